The number of ether oxygens (including phenoxy) is 1. The highest BCUT2D eigenvalue weighted by Crippen LogP contribution is 2.19. The van der Waals surface area contributed by atoms with Crippen LogP contribution in [0.1, 0.15) is 29.1 Å². The molecule has 0 saturated carbocycles. The molecular formula is C19H21N3O3. The quantitative estimate of drug-likeness (QED) is 0.642. The highest BCUT2D eigenvalue weighted by Gasteiger charge is 2.10. The van der Waals surface area contributed by atoms with Crippen LogP contribution in [-0.4, -0.2) is 20.7 Å². The van der Waals surface area contributed by atoms with Crippen molar-refractivity contribution in [2.24, 2.45) is 0 Å². The molecule has 0 atom stereocenters. The van der Waals surface area contributed by atoms with E-state index in [-0.39, 0.29) is 19.0 Å². The fourth-order valence-corrected chi connectivity index (χ4v) is 2.53. The fraction of sp³-hybridized carbons (Fsp3) is 0.316. The average molecular weight is 339 g/mol. The molecule has 0 radical (unpaired) electrons. The second-order valence-electron chi connectivity index (χ2n) is 6.07. The van der Waals surface area contributed by atoms with E-state index in [0.717, 1.165) is 17.0 Å². The molecule has 6 heteroatoms. The molecule has 3 aromatic rings. The van der Waals surface area contributed by atoms with Crippen LogP contribution in [0.15, 0.2) is 41.0 Å². The van der Waals surface area contributed by atoms with Gasteiger partial charge in [0.25, 0.3) is 0 Å². The first-order valence-corrected chi connectivity index (χ1v) is 8.19. The monoisotopic (exact) mass is 339 g/mol. The second-order valence-corrected chi connectivity index (χ2v) is 6.07. The Labute approximate surface area is 146 Å². The normalized spacial score (nSPS) is 10.8. The third-order valence-electron chi connectivity index (χ3n) is 3.86. The number of rotatable bonds is 6. The van der Waals surface area contributed by atoms with Gasteiger partial charge in [0, 0.05) is 11.3 Å². The van der Waals surface area contributed by atoms with E-state index in [4.69, 9.17) is 9.15 Å². The topological polar surface area (TPSA) is 70.2 Å². The summed E-state index contributed by atoms with van der Waals surface area (Å²) in [7, 11) is 0. The van der Waals surface area contributed by atoms with Gasteiger partial charge in [0.2, 0.25) is 5.89 Å². The highest BCUT2D eigenvalue weighted by molar-refractivity contribution is 5.69. The Morgan fingerprint density at radius 1 is 1.20 bits per heavy atom. The zero-order chi connectivity index (χ0) is 17.8. The fourth-order valence-electron chi connectivity index (χ4n) is 2.53. The van der Waals surface area contributed by atoms with E-state index in [9.17, 15) is 4.79 Å². The molecule has 0 bridgehead atoms. The number of hydrogen-bond acceptors (Lipinski definition) is 5. The molecule has 130 valence electrons. The zero-order valence-electron chi connectivity index (χ0n) is 14.7. The average Bonchev–Trinajstić information content (AvgIpc) is 3.18. The molecule has 0 saturated heterocycles. The zero-order valence-corrected chi connectivity index (χ0v) is 14.7. The molecule has 0 aliphatic heterocycles. The Morgan fingerprint density at radius 3 is 2.64 bits per heavy atom. The number of carbonyl (C=O) groups is 1. The number of esters is 1. The maximum absolute atomic E-state index is 11.9. The summed E-state index contributed by atoms with van der Waals surface area (Å²) in [6.45, 7) is 6.53. The van der Waals surface area contributed by atoms with E-state index < -0.39 is 0 Å². The smallest absolute Gasteiger partial charge is 0.308 e. The molecule has 0 aliphatic rings. The summed E-state index contributed by atoms with van der Waals surface area (Å²) in [6.07, 6.45) is 1.79. The first-order valence-electron chi connectivity index (χ1n) is 8.19. The van der Waals surface area contributed by atoms with Crippen molar-refractivity contribution in [2.75, 3.05) is 0 Å². The Balaban J connectivity index is 1.51. The lowest BCUT2D eigenvalue weighted by Crippen LogP contribution is -2.11. The maximum atomic E-state index is 11.9. The summed E-state index contributed by atoms with van der Waals surface area (Å²) in [5.74, 6) is 0.237. The number of nitrogens with zero attached hydrogens (tertiary/aromatic N) is 3. The van der Waals surface area contributed by atoms with E-state index in [1.165, 1.54) is 11.8 Å². The van der Waals surface area contributed by atoms with Crippen LogP contribution in [0.3, 0.4) is 0 Å². The Kier molecular flexibility index (Phi) is 4.97. The summed E-state index contributed by atoms with van der Waals surface area (Å²) >= 11 is 0. The first kappa shape index (κ1) is 17.0. The summed E-state index contributed by atoms with van der Waals surface area (Å²) in [6, 6.07) is 9.88. The van der Waals surface area contributed by atoms with Gasteiger partial charge in [-0.3, -0.25) is 9.48 Å². The van der Waals surface area contributed by atoms with Gasteiger partial charge in [-0.1, -0.05) is 17.7 Å². The van der Waals surface area contributed by atoms with Crippen molar-refractivity contribution in [3.8, 4) is 11.5 Å². The Hall–Kier alpha value is -2.89. The van der Waals surface area contributed by atoms with Crippen LogP contribution < -0.4 is 0 Å². The number of hydrogen-bond donors (Lipinski definition) is 0. The van der Waals surface area contributed by atoms with Gasteiger partial charge >= 0.3 is 5.97 Å². The van der Waals surface area contributed by atoms with Crippen molar-refractivity contribution in [2.45, 2.75) is 40.3 Å². The number of oxazole rings is 1. The van der Waals surface area contributed by atoms with Crippen LogP contribution >= 0.6 is 0 Å². The molecule has 0 amide bonds. The van der Waals surface area contributed by atoms with E-state index in [0.29, 0.717) is 18.1 Å². The summed E-state index contributed by atoms with van der Waals surface area (Å²) in [5, 5.41) is 4.33. The van der Waals surface area contributed by atoms with Gasteiger partial charge in [-0.05, 0) is 39.0 Å². The molecule has 3 rings (SSSR count). The van der Waals surface area contributed by atoms with Crippen LogP contribution in [0.5, 0.6) is 0 Å². The van der Waals surface area contributed by atoms with Crippen LogP contribution in [0.25, 0.3) is 11.5 Å². The number of carbonyl (C=O) groups excluding carboxylic acids is 1. The second kappa shape index (κ2) is 7.34. The molecule has 0 spiro atoms. The number of aryl methyl sites for hydroxylation is 4. The predicted molar refractivity (Wildman–Crippen MR) is 92.8 cm³/mol. The summed E-state index contributed by atoms with van der Waals surface area (Å²) < 4.78 is 12.5. The van der Waals surface area contributed by atoms with Gasteiger partial charge in [0.05, 0.1) is 18.7 Å². The van der Waals surface area contributed by atoms with Crippen molar-refractivity contribution in [1.82, 2.24) is 14.8 Å². The van der Waals surface area contributed by atoms with Gasteiger partial charge in [0.15, 0.2) is 0 Å². The van der Waals surface area contributed by atoms with Crippen molar-refractivity contribution in [1.29, 1.82) is 0 Å². The lowest BCUT2D eigenvalue weighted by atomic mass is 10.1. The van der Waals surface area contributed by atoms with Crippen molar-refractivity contribution in [3.05, 3.63) is 59.2 Å². The number of benzene rings is 1. The van der Waals surface area contributed by atoms with Gasteiger partial charge in [0.1, 0.15) is 18.6 Å². The minimum Gasteiger partial charge on any atom is -0.459 e. The molecule has 0 aliphatic carbocycles. The predicted octanol–water partition coefficient (Wildman–Crippen LogP) is 3.60. The van der Waals surface area contributed by atoms with Crippen molar-refractivity contribution >= 4 is 5.97 Å². The van der Waals surface area contributed by atoms with E-state index in [2.05, 4.69) is 10.1 Å². The SMILES string of the molecule is Cc1ccc(-c2nc(COC(=O)CCn3nc(C)cc3C)co2)cc1. The molecule has 1 aromatic carbocycles. The van der Waals surface area contributed by atoms with Gasteiger partial charge in [-0.2, -0.15) is 5.10 Å². The molecule has 25 heavy (non-hydrogen) atoms. The third kappa shape index (κ3) is 4.35. The Morgan fingerprint density at radius 2 is 1.96 bits per heavy atom. The third-order valence-corrected chi connectivity index (χ3v) is 3.86. The number of aromatic nitrogens is 3. The molecule has 2 heterocycles. The van der Waals surface area contributed by atoms with Crippen LogP contribution in [0, 0.1) is 20.8 Å². The van der Waals surface area contributed by atoms with Crippen LogP contribution in [0.4, 0.5) is 0 Å². The van der Waals surface area contributed by atoms with Crippen LogP contribution in [0.2, 0.25) is 0 Å². The molecule has 6 nitrogen and oxygen atoms in total. The largest absolute Gasteiger partial charge is 0.459 e. The first-order chi connectivity index (χ1) is 12.0. The van der Waals surface area contributed by atoms with Gasteiger partial charge in [-0.15, -0.1) is 0 Å². The highest BCUT2D eigenvalue weighted by atomic mass is 16.5. The maximum Gasteiger partial charge on any atom is 0.308 e. The molecule has 0 N–H and O–H groups in total. The summed E-state index contributed by atoms with van der Waals surface area (Å²) in [4.78, 5) is 16.3. The van der Waals surface area contributed by atoms with Gasteiger partial charge < -0.3 is 9.15 Å². The molecule has 2 aromatic heterocycles. The minimum atomic E-state index is -0.285. The van der Waals surface area contributed by atoms with Crippen molar-refractivity contribution < 1.29 is 13.9 Å². The standard InChI is InChI=1S/C19H21N3O3/c1-13-4-6-16(7-5-13)19-20-17(12-25-19)11-24-18(23)8-9-22-15(3)10-14(2)21-22/h4-7,10,12H,8-9,11H2,1-3H3. The minimum absolute atomic E-state index is 0.102. The Bertz CT molecular complexity index is 862. The molecule has 0 fully saturated rings. The van der Waals surface area contributed by atoms with E-state index in [1.54, 1.807) is 0 Å². The lowest BCUT2D eigenvalue weighted by molar-refractivity contribution is -0.145. The molecule has 0 unspecified atom stereocenters. The van der Waals surface area contributed by atoms with E-state index >= 15 is 0 Å². The summed E-state index contributed by atoms with van der Waals surface area (Å²) in [5.41, 5.74) is 4.64. The van der Waals surface area contributed by atoms with Gasteiger partial charge in [-0.25, -0.2) is 4.98 Å². The van der Waals surface area contributed by atoms with Crippen LogP contribution in [-0.2, 0) is 22.7 Å². The molecular weight excluding hydrogens is 318 g/mol. The van der Waals surface area contributed by atoms with Crippen molar-refractivity contribution in [3.63, 3.8) is 0 Å². The lowest BCUT2D eigenvalue weighted by Gasteiger charge is -2.04. The van der Waals surface area contributed by atoms with E-state index in [1.807, 2.05) is 55.8 Å².